The zero-order valence-corrected chi connectivity index (χ0v) is 11.7. The van der Waals surface area contributed by atoms with E-state index >= 15 is 0 Å². The molecule has 2 heteroatoms. The third kappa shape index (κ3) is 8.62. The van der Waals surface area contributed by atoms with E-state index < -0.39 is 0 Å². The van der Waals surface area contributed by atoms with Crippen molar-refractivity contribution < 1.29 is 4.74 Å². The Morgan fingerprint density at radius 3 is 2.41 bits per heavy atom. The Bertz CT molecular complexity index is 153. The topological polar surface area (TPSA) is 21.3 Å². The van der Waals surface area contributed by atoms with Gasteiger partial charge < -0.3 is 10.1 Å². The molecule has 0 radical (unpaired) electrons. The molecular weight excluding hydrogens is 210 g/mol. The SMILES string of the molecule is CCCCOCCNCC1CCCCCCC1. The van der Waals surface area contributed by atoms with Crippen LogP contribution in [0.15, 0.2) is 0 Å². The summed E-state index contributed by atoms with van der Waals surface area (Å²) in [6, 6.07) is 0. The lowest BCUT2D eigenvalue weighted by Crippen LogP contribution is -2.27. The van der Waals surface area contributed by atoms with Gasteiger partial charge in [0.05, 0.1) is 6.61 Å². The zero-order valence-electron chi connectivity index (χ0n) is 11.7. The van der Waals surface area contributed by atoms with Gasteiger partial charge in [-0.3, -0.25) is 0 Å². The quantitative estimate of drug-likeness (QED) is 0.653. The van der Waals surface area contributed by atoms with Crippen molar-refractivity contribution in [1.82, 2.24) is 5.32 Å². The summed E-state index contributed by atoms with van der Waals surface area (Å²) < 4.78 is 5.55. The van der Waals surface area contributed by atoms with E-state index in [9.17, 15) is 0 Å². The Labute approximate surface area is 108 Å². The molecular formula is C15H31NO. The third-order valence-corrected chi connectivity index (χ3v) is 3.72. The molecule has 0 atom stereocenters. The van der Waals surface area contributed by atoms with Gasteiger partial charge in [0.1, 0.15) is 0 Å². The number of hydrogen-bond donors (Lipinski definition) is 1. The van der Waals surface area contributed by atoms with E-state index in [1.165, 1.54) is 64.3 Å². The van der Waals surface area contributed by atoms with Gasteiger partial charge >= 0.3 is 0 Å². The van der Waals surface area contributed by atoms with Crippen LogP contribution in [-0.2, 0) is 4.74 Å². The molecule has 0 bridgehead atoms. The highest BCUT2D eigenvalue weighted by Gasteiger charge is 2.10. The minimum Gasteiger partial charge on any atom is -0.380 e. The molecule has 2 nitrogen and oxygen atoms in total. The molecule has 0 aromatic heterocycles. The first kappa shape index (κ1) is 15.0. The normalized spacial score (nSPS) is 18.9. The monoisotopic (exact) mass is 241 g/mol. The molecule has 1 saturated carbocycles. The van der Waals surface area contributed by atoms with E-state index in [-0.39, 0.29) is 0 Å². The first-order valence-corrected chi connectivity index (χ1v) is 7.72. The summed E-state index contributed by atoms with van der Waals surface area (Å²) in [5.74, 6) is 0.922. The summed E-state index contributed by atoms with van der Waals surface area (Å²) in [6.07, 6.45) is 12.6. The van der Waals surface area contributed by atoms with E-state index in [4.69, 9.17) is 4.74 Å². The molecule has 102 valence electrons. The van der Waals surface area contributed by atoms with Crippen LogP contribution in [0.3, 0.4) is 0 Å². The molecule has 0 saturated heterocycles. The van der Waals surface area contributed by atoms with Crippen LogP contribution in [0.2, 0.25) is 0 Å². The third-order valence-electron chi connectivity index (χ3n) is 3.72. The molecule has 1 N–H and O–H groups in total. The smallest absolute Gasteiger partial charge is 0.0590 e. The van der Waals surface area contributed by atoms with Gasteiger partial charge in [-0.05, 0) is 31.7 Å². The Hall–Kier alpha value is -0.0800. The van der Waals surface area contributed by atoms with Gasteiger partial charge in [-0.15, -0.1) is 0 Å². The molecule has 0 aliphatic heterocycles. The molecule has 0 heterocycles. The minimum absolute atomic E-state index is 0.882. The maximum absolute atomic E-state index is 5.55. The summed E-state index contributed by atoms with van der Waals surface area (Å²) >= 11 is 0. The first-order chi connectivity index (χ1) is 8.43. The molecule has 0 aromatic carbocycles. The average Bonchev–Trinajstić information content (AvgIpc) is 2.30. The minimum atomic E-state index is 0.882. The van der Waals surface area contributed by atoms with Gasteiger partial charge in [-0.1, -0.05) is 45.4 Å². The molecule has 0 aromatic rings. The van der Waals surface area contributed by atoms with Crippen molar-refractivity contribution in [1.29, 1.82) is 0 Å². The maximum atomic E-state index is 5.55. The number of unbranched alkanes of at least 4 members (excludes halogenated alkanes) is 1. The average molecular weight is 241 g/mol. The number of nitrogens with one attached hydrogen (secondary N) is 1. The van der Waals surface area contributed by atoms with Crippen molar-refractivity contribution in [2.24, 2.45) is 5.92 Å². The van der Waals surface area contributed by atoms with Crippen LogP contribution in [0.4, 0.5) is 0 Å². The van der Waals surface area contributed by atoms with Crippen LogP contribution < -0.4 is 5.32 Å². The number of rotatable bonds is 8. The molecule has 1 fully saturated rings. The summed E-state index contributed by atoms with van der Waals surface area (Å²) in [6.45, 7) is 6.25. The second-order valence-electron chi connectivity index (χ2n) is 5.38. The molecule has 1 rings (SSSR count). The maximum Gasteiger partial charge on any atom is 0.0590 e. The fourth-order valence-corrected chi connectivity index (χ4v) is 2.54. The second-order valence-corrected chi connectivity index (χ2v) is 5.38. The first-order valence-electron chi connectivity index (χ1n) is 7.72. The van der Waals surface area contributed by atoms with Crippen molar-refractivity contribution >= 4 is 0 Å². The van der Waals surface area contributed by atoms with Gasteiger partial charge in [-0.2, -0.15) is 0 Å². The fraction of sp³-hybridized carbons (Fsp3) is 1.00. The van der Waals surface area contributed by atoms with Crippen molar-refractivity contribution in [2.75, 3.05) is 26.3 Å². The van der Waals surface area contributed by atoms with Gasteiger partial charge in [0.2, 0.25) is 0 Å². The van der Waals surface area contributed by atoms with E-state index in [2.05, 4.69) is 12.2 Å². The lowest BCUT2D eigenvalue weighted by molar-refractivity contribution is 0.132. The van der Waals surface area contributed by atoms with Crippen molar-refractivity contribution in [2.45, 2.75) is 64.7 Å². The van der Waals surface area contributed by atoms with Crippen molar-refractivity contribution in [3.63, 3.8) is 0 Å². The highest BCUT2D eigenvalue weighted by atomic mass is 16.5. The fourth-order valence-electron chi connectivity index (χ4n) is 2.54. The number of ether oxygens (including phenoxy) is 1. The molecule has 0 spiro atoms. The molecule has 1 aliphatic carbocycles. The van der Waals surface area contributed by atoms with E-state index in [0.717, 1.165) is 25.7 Å². The highest BCUT2D eigenvalue weighted by Crippen LogP contribution is 2.21. The Morgan fingerprint density at radius 1 is 1.00 bits per heavy atom. The largest absolute Gasteiger partial charge is 0.380 e. The predicted molar refractivity (Wildman–Crippen MR) is 74.4 cm³/mol. The molecule has 0 unspecified atom stereocenters. The Kier molecular flexibility index (Phi) is 9.72. The van der Waals surface area contributed by atoms with Gasteiger partial charge in [0, 0.05) is 13.2 Å². The van der Waals surface area contributed by atoms with Gasteiger partial charge in [-0.25, -0.2) is 0 Å². The summed E-state index contributed by atoms with van der Waals surface area (Å²) in [4.78, 5) is 0. The summed E-state index contributed by atoms with van der Waals surface area (Å²) in [7, 11) is 0. The zero-order chi connectivity index (χ0) is 12.2. The molecule has 17 heavy (non-hydrogen) atoms. The lowest BCUT2D eigenvalue weighted by atomic mass is 9.91. The standard InChI is InChI=1S/C15H31NO/c1-2-3-12-17-13-11-16-14-15-9-7-5-4-6-8-10-15/h15-16H,2-14H2,1H3. The van der Waals surface area contributed by atoms with Crippen LogP contribution in [0, 0.1) is 5.92 Å². The van der Waals surface area contributed by atoms with Crippen LogP contribution in [0.1, 0.15) is 64.7 Å². The van der Waals surface area contributed by atoms with Crippen LogP contribution >= 0.6 is 0 Å². The molecule has 1 aliphatic rings. The van der Waals surface area contributed by atoms with E-state index in [0.29, 0.717) is 0 Å². The Balaban J connectivity index is 1.90. The van der Waals surface area contributed by atoms with Crippen LogP contribution in [0.5, 0.6) is 0 Å². The van der Waals surface area contributed by atoms with Crippen LogP contribution in [-0.4, -0.2) is 26.3 Å². The molecule has 0 amide bonds. The summed E-state index contributed by atoms with van der Waals surface area (Å²) in [5.41, 5.74) is 0. The van der Waals surface area contributed by atoms with Crippen molar-refractivity contribution in [3.05, 3.63) is 0 Å². The van der Waals surface area contributed by atoms with E-state index in [1.807, 2.05) is 0 Å². The van der Waals surface area contributed by atoms with Gasteiger partial charge in [0.15, 0.2) is 0 Å². The van der Waals surface area contributed by atoms with Crippen molar-refractivity contribution in [3.8, 4) is 0 Å². The second kappa shape index (κ2) is 11.0. The predicted octanol–water partition coefficient (Wildman–Crippen LogP) is 3.75. The van der Waals surface area contributed by atoms with E-state index in [1.54, 1.807) is 0 Å². The van der Waals surface area contributed by atoms with Crippen LogP contribution in [0.25, 0.3) is 0 Å². The Morgan fingerprint density at radius 2 is 1.71 bits per heavy atom. The summed E-state index contributed by atoms with van der Waals surface area (Å²) in [5, 5.41) is 3.56. The van der Waals surface area contributed by atoms with Gasteiger partial charge in [0.25, 0.3) is 0 Å². The highest BCUT2D eigenvalue weighted by molar-refractivity contribution is 4.66. The number of hydrogen-bond acceptors (Lipinski definition) is 2. The lowest BCUT2D eigenvalue weighted by Gasteiger charge is -2.20.